The minimum Gasteiger partial charge on any atom is -0.368 e. The van der Waals surface area contributed by atoms with E-state index in [9.17, 15) is 14.9 Å². The molecule has 0 bridgehead atoms. The van der Waals surface area contributed by atoms with Crippen LogP contribution in [0.3, 0.4) is 0 Å². The molecule has 0 saturated carbocycles. The number of amides is 1. The fourth-order valence-corrected chi connectivity index (χ4v) is 2.14. The van der Waals surface area contributed by atoms with Crippen molar-refractivity contribution in [2.45, 2.75) is 6.92 Å². The molecule has 1 N–H and O–H groups in total. The number of carbonyl (C=O) groups is 1. The SMILES string of the molecule is CNC(=O)[C@H](C)CN(C)c1cc(Br)ccc1[N+](=O)[O-]. The second-order valence-corrected chi connectivity index (χ2v) is 5.20. The number of hydrogen-bond donors (Lipinski definition) is 1. The van der Waals surface area contributed by atoms with Crippen LogP contribution in [0.15, 0.2) is 22.7 Å². The Morgan fingerprint density at radius 3 is 2.74 bits per heavy atom. The Morgan fingerprint density at radius 1 is 1.58 bits per heavy atom. The smallest absolute Gasteiger partial charge is 0.292 e. The maximum Gasteiger partial charge on any atom is 0.292 e. The zero-order valence-electron chi connectivity index (χ0n) is 11.0. The van der Waals surface area contributed by atoms with E-state index >= 15 is 0 Å². The molecule has 1 rings (SSSR count). The highest BCUT2D eigenvalue weighted by atomic mass is 79.9. The van der Waals surface area contributed by atoms with Crippen molar-refractivity contribution in [3.05, 3.63) is 32.8 Å². The van der Waals surface area contributed by atoms with Crippen molar-refractivity contribution in [3.8, 4) is 0 Å². The van der Waals surface area contributed by atoms with Crippen LogP contribution in [0.2, 0.25) is 0 Å². The van der Waals surface area contributed by atoms with Crippen molar-refractivity contribution in [2.24, 2.45) is 5.92 Å². The first kappa shape index (κ1) is 15.4. The normalized spacial score (nSPS) is 11.8. The molecule has 0 aliphatic heterocycles. The summed E-state index contributed by atoms with van der Waals surface area (Å²) in [5.74, 6) is -0.349. The van der Waals surface area contributed by atoms with Gasteiger partial charge in [0, 0.05) is 31.2 Å². The summed E-state index contributed by atoms with van der Waals surface area (Å²) in [6.07, 6.45) is 0. The molecule has 7 heteroatoms. The van der Waals surface area contributed by atoms with Gasteiger partial charge < -0.3 is 10.2 Å². The van der Waals surface area contributed by atoms with Gasteiger partial charge in [0.05, 0.1) is 10.8 Å². The van der Waals surface area contributed by atoms with Crippen LogP contribution in [0.5, 0.6) is 0 Å². The summed E-state index contributed by atoms with van der Waals surface area (Å²) in [5.41, 5.74) is 0.505. The largest absolute Gasteiger partial charge is 0.368 e. The van der Waals surface area contributed by atoms with E-state index in [1.807, 2.05) is 0 Å². The van der Waals surface area contributed by atoms with Gasteiger partial charge in [-0.05, 0) is 12.1 Å². The molecule has 1 amide bonds. The van der Waals surface area contributed by atoms with Crippen LogP contribution in [0.4, 0.5) is 11.4 Å². The molecule has 1 aromatic carbocycles. The molecule has 1 aromatic rings. The highest BCUT2D eigenvalue weighted by molar-refractivity contribution is 9.10. The van der Waals surface area contributed by atoms with Crippen molar-refractivity contribution >= 4 is 33.2 Å². The molecule has 0 aromatic heterocycles. The summed E-state index contributed by atoms with van der Waals surface area (Å²) < 4.78 is 0.757. The van der Waals surface area contributed by atoms with Gasteiger partial charge in [0.25, 0.3) is 5.69 Å². The van der Waals surface area contributed by atoms with E-state index in [4.69, 9.17) is 0 Å². The van der Waals surface area contributed by atoms with Crippen LogP contribution < -0.4 is 10.2 Å². The molecule has 6 nitrogen and oxygen atoms in total. The molecule has 104 valence electrons. The predicted octanol–water partition coefficient (Wildman–Crippen LogP) is 2.18. The molecule has 0 radical (unpaired) electrons. The standard InChI is InChI=1S/C12H16BrN3O3/c1-8(12(17)14-2)7-15(3)11-6-9(13)4-5-10(11)16(18)19/h4-6,8H,7H2,1-3H3,(H,14,17)/t8-/m1/s1. The summed E-state index contributed by atoms with van der Waals surface area (Å²) in [5, 5.41) is 13.6. The third-order valence-corrected chi connectivity index (χ3v) is 3.28. The average Bonchev–Trinajstić information content (AvgIpc) is 2.36. The van der Waals surface area contributed by atoms with E-state index in [-0.39, 0.29) is 17.5 Å². The predicted molar refractivity (Wildman–Crippen MR) is 77.3 cm³/mol. The molecule has 0 aliphatic rings. The Bertz CT molecular complexity index is 493. The van der Waals surface area contributed by atoms with Gasteiger partial charge in [0.15, 0.2) is 0 Å². The molecule has 0 heterocycles. The van der Waals surface area contributed by atoms with Gasteiger partial charge in [0.2, 0.25) is 5.91 Å². The first-order valence-electron chi connectivity index (χ1n) is 5.73. The Morgan fingerprint density at radius 2 is 2.21 bits per heavy atom. The van der Waals surface area contributed by atoms with E-state index in [1.165, 1.54) is 6.07 Å². The molecule has 19 heavy (non-hydrogen) atoms. The number of nitro groups is 1. The van der Waals surface area contributed by atoms with Crippen LogP contribution >= 0.6 is 15.9 Å². The van der Waals surface area contributed by atoms with E-state index in [0.717, 1.165) is 4.47 Å². The van der Waals surface area contributed by atoms with Crippen LogP contribution in [0, 0.1) is 16.0 Å². The maximum absolute atomic E-state index is 11.5. The Kier molecular flexibility index (Phi) is 5.29. The van der Waals surface area contributed by atoms with Gasteiger partial charge in [-0.2, -0.15) is 0 Å². The Balaban J connectivity index is 2.98. The minimum absolute atomic E-state index is 0.0230. The maximum atomic E-state index is 11.5. The number of nitrogens with one attached hydrogen (secondary N) is 1. The Labute approximate surface area is 120 Å². The lowest BCUT2D eigenvalue weighted by Crippen LogP contribution is -2.34. The van der Waals surface area contributed by atoms with E-state index < -0.39 is 4.92 Å². The van der Waals surface area contributed by atoms with Crippen LogP contribution in [-0.4, -0.2) is 31.5 Å². The van der Waals surface area contributed by atoms with Crippen molar-refractivity contribution < 1.29 is 9.72 Å². The molecule has 0 unspecified atom stereocenters. The van der Waals surface area contributed by atoms with Crippen LogP contribution in [-0.2, 0) is 4.79 Å². The monoisotopic (exact) mass is 329 g/mol. The van der Waals surface area contributed by atoms with Gasteiger partial charge in [-0.3, -0.25) is 14.9 Å². The Hall–Kier alpha value is -1.63. The topological polar surface area (TPSA) is 75.5 Å². The molecular formula is C12H16BrN3O3. The summed E-state index contributed by atoms with van der Waals surface area (Å²) >= 11 is 3.29. The number of halogens is 1. The fraction of sp³-hybridized carbons (Fsp3) is 0.417. The van der Waals surface area contributed by atoms with E-state index in [2.05, 4.69) is 21.2 Å². The second kappa shape index (κ2) is 6.51. The molecule has 1 atom stereocenters. The minimum atomic E-state index is -0.428. The average molecular weight is 330 g/mol. The van der Waals surface area contributed by atoms with Crippen molar-refractivity contribution in [3.63, 3.8) is 0 Å². The number of hydrogen-bond acceptors (Lipinski definition) is 4. The van der Waals surface area contributed by atoms with Crippen LogP contribution in [0.1, 0.15) is 6.92 Å². The zero-order chi connectivity index (χ0) is 14.6. The zero-order valence-corrected chi connectivity index (χ0v) is 12.6. The molecule has 0 aliphatic carbocycles. The number of anilines is 1. The number of nitrogens with zero attached hydrogens (tertiary/aromatic N) is 2. The first-order valence-corrected chi connectivity index (χ1v) is 6.52. The number of benzene rings is 1. The van der Waals surface area contributed by atoms with E-state index in [0.29, 0.717) is 12.2 Å². The summed E-state index contributed by atoms with van der Waals surface area (Å²) in [7, 11) is 3.30. The highest BCUT2D eigenvalue weighted by Crippen LogP contribution is 2.30. The quantitative estimate of drug-likeness (QED) is 0.663. The third-order valence-electron chi connectivity index (χ3n) is 2.79. The number of rotatable bonds is 5. The van der Waals surface area contributed by atoms with Gasteiger partial charge in [-0.1, -0.05) is 22.9 Å². The second-order valence-electron chi connectivity index (χ2n) is 4.29. The van der Waals surface area contributed by atoms with Crippen molar-refractivity contribution in [1.82, 2.24) is 5.32 Å². The highest BCUT2D eigenvalue weighted by Gasteiger charge is 2.20. The van der Waals surface area contributed by atoms with Crippen LogP contribution in [0.25, 0.3) is 0 Å². The molecule has 0 saturated heterocycles. The lowest BCUT2D eigenvalue weighted by molar-refractivity contribution is -0.384. The van der Waals surface area contributed by atoms with Gasteiger partial charge in [-0.25, -0.2) is 0 Å². The van der Waals surface area contributed by atoms with Gasteiger partial charge >= 0.3 is 0 Å². The lowest BCUT2D eigenvalue weighted by Gasteiger charge is -2.22. The van der Waals surface area contributed by atoms with Gasteiger partial charge in [-0.15, -0.1) is 0 Å². The lowest BCUT2D eigenvalue weighted by atomic mass is 10.1. The van der Waals surface area contributed by atoms with Crippen molar-refractivity contribution in [1.29, 1.82) is 0 Å². The fourth-order valence-electron chi connectivity index (χ4n) is 1.80. The van der Waals surface area contributed by atoms with E-state index in [1.54, 1.807) is 38.1 Å². The molecule has 0 spiro atoms. The number of carbonyl (C=O) groups excluding carboxylic acids is 1. The third kappa shape index (κ3) is 3.92. The number of nitro benzene ring substituents is 1. The van der Waals surface area contributed by atoms with Gasteiger partial charge in [0.1, 0.15) is 5.69 Å². The first-order chi connectivity index (χ1) is 8.86. The van der Waals surface area contributed by atoms with Crippen molar-refractivity contribution in [2.75, 3.05) is 25.5 Å². The summed E-state index contributed by atoms with van der Waals surface area (Å²) in [4.78, 5) is 23.8. The summed E-state index contributed by atoms with van der Waals surface area (Å²) in [6.45, 7) is 2.18. The molecule has 0 fully saturated rings. The molecular weight excluding hydrogens is 314 g/mol. The summed E-state index contributed by atoms with van der Waals surface area (Å²) in [6, 6.07) is 4.74.